The van der Waals surface area contributed by atoms with E-state index in [-0.39, 0.29) is 11.9 Å². The van der Waals surface area contributed by atoms with Crippen LogP contribution in [0.2, 0.25) is 5.02 Å². The molecule has 23 heavy (non-hydrogen) atoms. The van der Waals surface area contributed by atoms with E-state index in [0.717, 1.165) is 37.4 Å². The van der Waals surface area contributed by atoms with Gasteiger partial charge < -0.3 is 10.6 Å². The predicted octanol–water partition coefficient (Wildman–Crippen LogP) is 2.49. The highest BCUT2D eigenvalue weighted by atomic mass is 35.5. The molecule has 0 aliphatic carbocycles. The lowest BCUT2D eigenvalue weighted by molar-refractivity contribution is 0.0678. The van der Waals surface area contributed by atoms with Gasteiger partial charge in [-0.05, 0) is 42.9 Å². The maximum absolute atomic E-state index is 12.3. The Morgan fingerprint density at radius 2 is 2.22 bits per heavy atom. The Balaban J connectivity index is 1.53. The summed E-state index contributed by atoms with van der Waals surface area (Å²) < 4.78 is 0. The molecule has 3 N–H and O–H groups in total. The molecule has 5 nitrogen and oxygen atoms in total. The van der Waals surface area contributed by atoms with Crippen LogP contribution >= 0.6 is 11.6 Å². The molecule has 6 heteroatoms. The Kier molecular flexibility index (Phi) is 4.98. The van der Waals surface area contributed by atoms with Crippen LogP contribution < -0.4 is 5.73 Å². The number of aromatic amines is 1. The highest BCUT2D eigenvalue weighted by molar-refractivity contribution is 6.30. The zero-order valence-corrected chi connectivity index (χ0v) is 13.7. The van der Waals surface area contributed by atoms with Crippen LogP contribution in [0.3, 0.4) is 0 Å². The molecule has 1 amide bonds. The van der Waals surface area contributed by atoms with Crippen molar-refractivity contribution in [2.45, 2.75) is 25.3 Å². The van der Waals surface area contributed by atoms with Gasteiger partial charge in [0, 0.05) is 30.4 Å². The maximum atomic E-state index is 12.3. The number of benzene rings is 1. The number of nitrogens with zero attached hydrogens (tertiary/aromatic N) is 2. The summed E-state index contributed by atoms with van der Waals surface area (Å²) in [5.41, 5.74) is 8.17. The molecule has 0 spiro atoms. The van der Waals surface area contributed by atoms with Gasteiger partial charge in [-0.25, -0.2) is 0 Å². The van der Waals surface area contributed by atoms with Gasteiger partial charge in [0.05, 0.1) is 11.8 Å². The van der Waals surface area contributed by atoms with E-state index in [0.29, 0.717) is 11.5 Å². The first-order chi connectivity index (χ1) is 11.1. The van der Waals surface area contributed by atoms with E-state index >= 15 is 0 Å². The van der Waals surface area contributed by atoms with Crippen LogP contribution in [-0.4, -0.2) is 40.1 Å². The van der Waals surface area contributed by atoms with Gasteiger partial charge in [0.15, 0.2) is 0 Å². The Hall–Kier alpha value is -1.85. The van der Waals surface area contributed by atoms with Gasteiger partial charge in [0.2, 0.25) is 0 Å². The summed E-state index contributed by atoms with van der Waals surface area (Å²) in [4.78, 5) is 14.2. The molecule has 122 valence electrons. The molecule has 1 fully saturated rings. The molecule has 0 radical (unpaired) electrons. The second-order valence-corrected chi connectivity index (χ2v) is 6.55. The normalized spacial score (nSPS) is 17.2. The smallest absolute Gasteiger partial charge is 0.257 e. The van der Waals surface area contributed by atoms with E-state index in [1.807, 2.05) is 23.1 Å². The first-order valence-electron chi connectivity index (χ1n) is 7.91. The molecule has 1 unspecified atom stereocenters. The van der Waals surface area contributed by atoms with Gasteiger partial charge in [-0.2, -0.15) is 5.10 Å². The number of carbonyl (C=O) groups is 1. The molecular weight excluding hydrogens is 312 g/mol. The summed E-state index contributed by atoms with van der Waals surface area (Å²) >= 11 is 6.02. The predicted molar refractivity (Wildman–Crippen MR) is 90.3 cm³/mol. The summed E-state index contributed by atoms with van der Waals surface area (Å²) in [5, 5.41) is 7.26. The van der Waals surface area contributed by atoms with Crippen molar-refractivity contribution in [3.63, 3.8) is 0 Å². The Morgan fingerprint density at radius 1 is 1.43 bits per heavy atom. The Bertz CT molecular complexity index is 650. The number of likely N-dealkylation sites (tertiary alicyclic amines) is 1. The third-order valence-electron chi connectivity index (χ3n) is 4.54. The van der Waals surface area contributed by atoms with Crippen LogP contribution in [0.15, 0.2) is 36.7 Å². The lowest BCUT2D eigenvalue weighted by Crippen LogP contribution is -2.44. The number of nitrogens with two attached hydrogens (primary N) is 1. The fraction of sp³-hybridized carbons (Fsp3) is 0.412. The van der Waals surface area contributed by atoms with Gasteiger partial charge in [0.25, 0.3) is 5.91 Å². The van der Waals surface area contributed by atoms with E-state index in [2.05, 4.69) is 16.3 Å². The number of piperidine rings is 1. The molecular formula is C17H21ClN4O. The number of carbonyl (C=O) groups excluding carboxylic acids is 1. The molecule has 3 rings (SSSR count). The minimum atomic E-state index is 0.0422. The lowest BCUT2D eigenvalue weighted by Gasteiger charge is -2.34. The second kappa shape index (κ2) is 7.15. The van der Waals surface area contributed by atoms with Crippen LogP contribution in [0, 0.1) is 5.92 Å². The highest BCUT2D eigenvalue weighted by Crippen LogP contribution is 2.23. The summed E-state index contributed by atoms with van der Waals surface area (Å²) in [7, 11) is 0. The number of H-pyrrole nitrogens is 1. The number of rotatable bonds is 4. The SMILES string of the molecule is NC(Cc1cccc(Cl)c1)C1CCN(C(=O)c2cn[nH]c2)CC1. The third kappa shape index (κ3) is 3.92. The first-order valence-corrected chi connectivity index (χ1v) is 8.29. The van der Waals surface area contributed by atoms with Crippen molar-refractivity contribution in [3.8, 4) is 0 Å². The van der Waals surface area contributed by atoms with Crippen molar-refractivity contribution in [2.24, 2.45) is 11.7 Å². The van der Waals surface area contributed by atoms with E-state index in [1.54, 1.807) is 12.4 Å². The third-order valence-corrected chi connectivity index (χ3v) is 4.77. The molecule has 1 aliphatic rings. The van der Waals surface area contributed by atoms with Crippen LogP contribution in [0.25, 0.3) is 0 Å². The Morgan fingerprint density at radius 3 is 2.87 bits per heavy atom. The van der Waals surface area contributed by atoms with Gasteiger partial charge in [-0.1, -0.05) is 23.7 Å². The second-order valence-electron chi connectivity index (χ2n) is 6.11. The maximum Gasteiger partial charge on any atom is 0.257 e. The average molecular weight is 333 g/mol. The topological polar surface area (TPSA) is 75.0 Å². The molecule has 1 atom stereocenters. The molecule has 1 saturated heterocycles. The molecule has 1 aromatic carbocycles. The Labute approximate surface area is 140 Å². The minimum Gasteiger partial charge on any atom is -0.339 e. The van der Waals surface area contributed by atoms with Crippen molar-refractivity contribution in [1.82, 2.24) is 15.1 Å². The van der Waals surface area contributed by atoms with Gasteiger partial charge >= 0.3 is 0 Å². The zero-order valence-electron chi connectivity index (χ0n) is 12.9. The average Bonchev–Trinajstić information content (AvgIpc) is 3.09. The number of halogens is 1. The number of hydrogen-bond acceptors (Lipinski definition) is 3. The molecule has 2 aromatic rings. The summed E-state index contributed by atoms with van der Waals surface area (Å²) in [5.74, 6) is 0.475. The summed E-state index contributed by atoms with van der Waals surface area (Å²) in [6.45, 7) is 1.50. The van der Waals surface area contributed by atoms with Crippen LogP contribution in [0.1, 0.15) is 28.8 Å². The van der Waals surface area contributed by atoms with E-state index < -0.39 is 0 Å². The van der Waals surface area contributed by atoms with Crippen molar-refractivity contribution in [2.75, 3.05) is 13.1 Å². The highest BCUT2D eigenvalue weighted by Gasteiger charge is 2.27. The van der Waals surface area contributed by atoms with E-state index in [1.165, 1.54) is 5.56 Å². The number of hydrogen-bond donors (Lipinski definition) is 2. The largest absolute Gasteiger partial charge is 0.339 e. The standard InChI is InChI=1S/C17H21ClN4O/c18-15-3-1-2-12(8-15)9-16(19)13-4-6-22(7-5-13)17(23)14-10-20-21-11-14/h1-3,8,10-11,13,16H,4-7,9,19H2,(H,20,21). The van der Waals surface area contributed by atoms with Crippen molar-refractivity contribution in [1.29, 1.82) is 0 Å². The van der Waals surface area contributed by atoms with Crippen LogP contribution in [-0.2, 0) is 6.42 Å². The fourth-order valence-electron chi connectivity index (χ4n) is 3.18. The van der Waals surface area contributed by atoms with Crippen LogP contribution in [0.5, 0.6) is 0 Å². The molecule has 1 aromatic heterocycles. The quantitative estimate of drug-likeness (QED) is 0.903. The van der Waals surface area contributed by atoms with Gasteiger partial charge in [0.1, 0.15) is 0 Å². The van der Waals surface area contributed by atoms with Crippen molar-refractivity contribution < 1.29 is 4.79 Å². The molecule has 0 saturated carbocycles. The minimum absolute atomic E-state index is 0.0422. The van der Waals surface area contributed by atoms with E-state index in [4.69, 9.17) is 17.3 Å². The lowest BCUT2D eigenvalue weighted by atomic mass is 9.86. The van der Waals surface area contributed by atoms with Crippen molar-refractivity contribution >= 4 is 17.5 Å². The summed E-state index contributed by atoms with van der Waals surface area (Å²) in [6.07, 6.45) is 5.90. The molecule has 0 bridgehead atoms. The number of aromatic nitrogens is 2. The number of nitrogens with one attached hydrogen (secondary N) is 1. The number of amides is 1. The van der Waals surface area contributed by atoms with Crippen LogP contribution in [0.4, 0.5) is 0 Å². The van der Waals surface area contributed by atoms with Crippen molar-refractivity contribution in [3.05, 3.63) is 52.8 Å². The van der Waals surface area contributed by atoms with E-state index in [9.17, 15) is 4.79 Å². The molecule has 1 aliphatic heterocycles. The molecule has 2 heterocycles. The summed E-state index contributed by atoms with van der Waals surface area (Å²) in [6, 6.07) is 7.95. The monoisotopic (exact) mass is 332 g/mol. The first kappa shape index (κ1) is 16.0. The fourth-order valence-corrected chi connectivity index (χ4v) is 3.40. The zero-order chi connectivity index (χ0) is 16.2. The van der Waals surface area contributed by atoms with Gasteiger partial charge in [-0.15, -0.1) is 0 Å². The van der Waals surface area contributed by atoms with Gasteiger partial charge in [-0.3, -0.25) is 9.89 Å².